The molecule has 0 bridgehead atoms. The standard InChI is InChI=1S/C21H17IN2O6/c1-4-7-29-19-15(22)8-13(10-18(19)28-3)9-16-21(25)30-20(23-16)14-6-5-12(2)17(11-14)24(26)27/h4-6,8-11H,1,7H2,2-3H3/b16-9-. The van der Waals surface area contributed by atoms with E-state index >= 15 is 0 Å². The summed E-state index contributed by atoms with van der Waals surface area (Å²) in [7, 11) is 1.52. The maximum atomic E-state index is 12.3. The Labute approximate surface area is 186 Å². The number of esters is 1. The Hall–Kier alpha value is -3.21. The SMILES string of the molecule is C=CCOc1c(I)cc(/C=C2\N=C(c3ccc(C)c([N+](=O)[O-])c3)OC2=O)cc1OC. The Morgan fingerprint density at radius 1 is 1.33 bits per heavy atom. The van der Waals surface area contributed by atoms with Gasteiger partial charge in [-0.3, -0.25) is 10.1 Å². The van der Waals surface area contributed by atoms with Crippen molar-refractivity contribution in [2.24, 2.45) is 4.99 Å². The van der Waals surface area contributed by atoms with Gasteiger partial charge in [0, 0.05) is 17.2 Å². The predicted octanol–water partition coefficient (Wildman–Crippen LogP) is 4.43. The Morgan fingerprint density at radius 3 is 2.77 bits per heavy atom. The van der Waals surface area contributed by atoms with Gasteiger partial charge in [0.15, 0.2) is 17.2 Å². The van der Waals surface area contributed by atoms with Gasteiger partial charge >= 0.3 is 5.97 Å². The number of nitro groups is 1. The van der Waals surface area contributed by atoms with Crippen LogP contribution in [0.3, 0.4) is 0 Å². The lowest BCUT2D eigenvalue weighted by atomic mass is 10.1. The summed E-state index contributed by atoms with van der Waals surface area (Å²) >= 11 is 2.11. The van der Waals surface area contributed by atoms with Crippen molar-refractivity contribution in [3.05, 3.63) is 79.1 Å². The first kappa shape index (κ1) is 21.5. The number of ether oxygens (including phenoxy) is 3. The number of nitro benzene ring substituents is 1. The summed E-state index contributed by atoms with van der Waals surface area (Å²) in [6.45, 7) is 5.59. The molecule has 3 rings (SSSR count). The molecule has 154 valence electrons. The smallest absolute Gasteiger partial charge is 0.363 e. The fourth-order valence-electron chi connectivity index (χ4n) is 2.74. The van der Waals surface area contributed by atoms with E-state index in [1.54, 1.807) is 37.3 Å². The lowest BCUT2D eigenvalue weighted by molar-refractivity contribution is -0.385. The average Bonchev–Trinajstić information content (AvgIpc) is 3.07. The maximum absolute atomic E-state index is 12.3. The number of hydrogen-bond donors (Lipinski definition) is 0. The van der Waals surface area contributed by atoms with Crippen molar-refractivity contribution in [1.29, 1.82) is 0 Å². The zero-order chi connectivity index (χ0) is 21.8. The number of carbonyl (C=O) groups is 1. The zero-order valence-electron chi connectivity index (χ0n) is 16.2. The lowest BCUT2D eigenvalue weighted by Gasteiger charge is -2.12. The molecule has 1 aliphatic heterocycles. The molecule has 0 aromatic heterocycles. The number of halogens is 1. The van der Waals surface area contributed by atoms with Crippen molar-refractivity contribution < 1.29 is 23.9 Å². The van der Waals surface area contributed by atoms with Gasteiger partial charge in [-0.15, -0.1) is 0 Å². The van der Waals surface area contributed by atoms with E-state index < -0.39 is 10.9 Å². The molecule has 2 aromatic carbocycles. The normalized spacial score (nSPS) is 14.3. The number of nitrogens with zero attached hydrogens (tertiary/aromatic N) is 2. The molecule has 1 aliphatic rings. The van der Waals surface area contributed by atoms with E-state index in [1.807, 2.05) is 6.07 Å². The summed E-state index contributed by atoms with van der Waals surface area (Å²) in [6, 6.07) is 8.06. The number of cyclic esters (lactones) is 1. The number of hydrogen-bond acceptors (Lipinski definition) is 7. The molecule has 0 amide bonds. The molecule has 8 nitrogen and oxygen atoms in total. The summed E-state index contributed by atoms with van der Waals surface area (Å²) in [5.41, 5.74) is 1.52. The third-order valence-corrected chi connectivity index (χ3v) is 4.98. The largest absolute Gasteiger partial charge is 0.493 e. The van der Waals surface area contributed by atoms with E-state index in [-0.39, 0.29) is 17.3 Å². The number of rotatable bonds is 7. The predicted molar refractivity (Wildman–Crippen MR) is 120 cm³/mol. The van der Waals surface area contributed by atoms with Gasteiger partial charge in [-0.2, -0.15) is 0 Å². The molecule has 0 fully saturated rings. The molecule has 0 spiro atoms. The average molecular weight is 520 g/mol. The van der Waals surface area contributed by atoms with Crippen molar-refractivity contribution in [3.8, 4) is 11.5 Å². The van der Waals surface area contributed by atoms with Crippen molar-refractivity contribution in [2.45, 2.75) is 6.92 Å². The minimum absolute atomic E-state index is 0.0157. The third kappa shape index (κ3) is 4.51. The Kier molecular flexibility index (Phi) is 6.50. The van der Waals surface area contributed by atoms with E-state index in [0.717, 1.165) is 3.57 Å². The topological polar surface area (TPSA) is 100 Å². The Bertz CT molecular complexity index is 1110. The second-order valence-electron chi connectivity index (χ2n) is 6.23. The number of methoxy groups -OCH3 is 1. The van der Waals surface area contributed by atoms with Crippen molar-refractivity contribution in [2.75, 3.05) is 13.7 Å². The molecule has 0 saturated carbocycles. The fraction of sp³-hybridized carbons (Fsp3) is 0.143. The molecule has 0 atom stereocenters. The van der Waals surface area contributed by atoms with Crippen LogP contribution in [0.1, 0.15) is 16.7 Å². The van der Waals surface area contributed by atoms with Crippen LogP contribution in [0.4, 0.5) is 5.69 Å². The summed E-state index contributed by atoms with van der Waals surface area (Å²) in [4.78, 5) is 27.2. The summed E-state index contributed by atoms with van der Waals surface area (Å²) in [5.74, 6) is 0.446. The highest BCUT2D eigenvalue weighted by Gasteiger charge is 2.26. The van der Waals surface area contributed by atoms with Gasteiger partial charge in [-0.05, 0) is 59.4 Å². The van der Waals surface area contributed by atoms with E-state index in [9.17, 15) is 14.9 Å². The second-order valence-corrected chi connectivity index (χ2v) is 7.39. The number of aliphatic imine (C=N–C) groups is 1. The van der Waals surface area contributed by atoms with Crippen LogP contribution in [-0.4, -0.2) is 30.5 Å². The van der Waals surface area contributed by atoms with Gasteiger partial charge in [-0.1, -0.05) is 18.7 Å². The summed E-state index contributed by atoms with van der Waals surface area (Å²) in [6.07, 6.45) is 3.19. The highest BCUT2D eigenvalue weighted by Crippen LogP contribution is 2.35. The van der Waals surface area contributed by atoms with Crippen molar-refractivity contribution in [3.63, 3.8) is 0 Å². The van der Waals surface area contributed by atoms with Gasteiger partial charge in [0.2, 0.25) is 5.90 Å². The summed E-state index contributed by atoms with van der Waals surface area (Å²) < 4.78 is 17.0. The molecule has 0 aliphatic carbocycles. The Balaban J connectivity index is 1.96. The first-order valence-corrected chi connectivity index (χ1v) is 9.81. The molecule has 1 heterocycles. The first-order valence-electron chi connectivity index (χ1n) is 8.73. The molecule has 30 heavy (non-hydrogen) atoms. The minimum atomic E-state index is -0.644. The van der Waals surface area contributed by atoms with Crippen LogP contribution in [0, 0.1) is 20.6 Å². The highest BCUT2D eigenvalue weighted by atomic mass is 127. The lowest BCUT2D eigenvalue weighted by Crippen LogP contribution is -2.06. The van der Waals surface area contributed by atoms with E-state index in [4.69, 9.17) is 14.2 Å². The molecule has 0 saturated heterocycles. The van der Waals surface area contributed by atoms with Crippen LogP contribution in [0.25, 0.3) is 6.08 Å². The third-order valence-electron chi connectivity index (χ3n) is 4.17. The van der Waals surface area contributed by atoms with Gasteiger partial charge < -0.3 is 14.2 Å². The molecular weight excluding hydrogens is 503 g/mol. The molecule has 0 N–H and O–H groups in total. The van der Waals surface area contributed by atoms with Crippen molar-refractivity contribution >= 4 is 46.2 Å². The first-order chi connectivity index (χ1) is 14.3. The van der Waals surface area contributed by atoms with Crippen LogP contribution >= 0.6 is 22.6 Å². The van der Waals surface area contributed by atoms with Crippen LogP contribution in [-0.2, 0) is 9.53 Å². The quantitative estimate of drug-likeness (QED) is 0.134. The van der Waals surface area contributed by atoms with Crippen LogP contribution in [0.2, 0.25) is 0 Å². The minimum Gasteiger partial charge on any atom is -0.493 e. The van der Waals surface area contributed by atoms with Gasteiger partial charge in [-0.25, -0.2) is 9.79 Å². The molecular formula is C21H17IN2O6. The maximum Gasteiger partial charge on any atom is 0.363 e. The van der Waals surface area contributed by atoms with E-state index in [1.165, 1.54) is 13.2 Å². The number of carbonyl (C=O) groups excluding carboxylic acids is 1. The zero-order valence-corrected chi connectivity index (χ0v) is 18.3. The Morgan fingerprint density at radius 2 is 2.10 bits per heavy atom. The van der Waals surface area contributed by atoms with Crippen molar-refractivity contribution in [1.82, 2.24) is 0 Å². The molecule has 9 heteroatoms. The highest BCUT2D eigenvalue weighted by molar-refractivity contribution is 14.1. The fourth-order valence-corrected chi connectivity index (χ4v) is 3.52. The van der Waals surface area contributed by atoms with E-state index in [0.29, 0.717) is 34.8 Å². The van der Waals surface area contributed by atoms with Gasteiger partial charge in [0.05, 0.1) is 15.6 Å². The second kappa shape index (κ2) is 9.08. The monoisotopic (exact) mass is 520 g/mol. The number of benzene rings is 2. The van der Waals surface area contributed by atoms with Gasteiger partial charge in [0.25, 0.3) is 5.69 Å². The van der Waals surface area contributed by atoms with E-state index in [2.05, 4.69) is 34.2 Å². The van der Waals surface area contributed by atoms with Crippen LogP contribution in [0.15, 0.2) is 53.7 Å². The van der Waals surface area contributed by atoms with Crippen LogP contribution < -0.4 is 9.47 Å². The molecule has 2 aromatic rings. The molecule has 0 radical (unpaired) electrons. The molecule has 0 unspecified atom stereocenters. The van der Waals surface area contributed by atoms with Gasteiger partial charge in [0.1, 0.15) is 6.61 Å². The number of aryl methyl sites for hydroxylation is 1. The summed E-state index contributed by atoms with van der Waals surface area (Å²) in [5, 5.41) is 11.2. The van der Waals surface area contributed by atoms with Crippen LogP contribution in [0.5, 0.6) is 11.5 Å².